The largest absolute Gasteiger partial charge is 0.497 e. The molecule has 1 aromatic carbocycles. The van der Waals surface area contributed by atoms with Gasteiger partial charge < -0.3 is 25.0 Å². The van der Waals surface area contributed by atoms with Gasteiger partial charge in [0.25, 0.3) is 0 Å². The highest BCUT2D eigenvalue weighted by atomic mass is 16.5. The Labute approximate surface area is 171 Å². The lowest BCUT2D eigenvalue weighted by Gasteiger charge is -2.32. The van der Waals surface area contributed by atoms with Gasteiger partial charge in [0, 0.05) is 25.3 Å². The number of nitrogens with zero attached hydrogens (tertiary/aromatic N) is 2. The zero-order chi connectivity index (χ0) is 20.8. The second-order valence-corrected chi connectivity index (χ2v) is 7.35. The lowest BCUT2D eigenvalue weighted by molar-refractivity contribution is -0.139. The number of likely N-dealkylation sites (N-methyl/N-ethyl adjacent to an activating group) is 1. The monoisotopic (exact) mass is 402 g/mol. The van der Waals surface area contributed by atoms with E-state index in [1.54, 1.807) is 14.0 Å². The van der Waals surface area contributed by atoms with E-state index in [1.807, 2.05) is 24.3 Å². The number of esters is 1. The molecule has 1 atom stereocenters. The first-order valence-electron chi connectivity index (χ1n) is 10.0. The Morgan fingerprint density at radius 2 is 2.07 bits per heavy atom. The molecule has 0 aromatic heterocycles. The molecule has 158 valence electrons. The number of amides is 2. The van der Waals surface area contributed by atoms with E-state index in [0.717, 1.165) is 38.2 Å². The fourth-order valence-corrected chi connectivity index (χ4v) is 3.75. The molecule has 0 aliphatic carbocycles. The smallest absolute Gasteiger partial charge is 0.338 e. The fourth-order valence-electron chi connectivity index (χ4n) is 3.75. The number of nitrogens with one attached hydrogen (secondary N) is 2. The van der Waals surface area contributed by atoms with Crippen LogP contribution in [-0.4, -0.2) is 75.3 Å². The summed E-state index contributed by atoms with van der Waals surface area (Å²) in [6, 6.07) is 6.45. The van der Waals surface area contributed by atoms with E-state index in [0.29, 0.717) is 23.6 Å². The first-order chi connectivity index (χ1) is 14.0. The summed E-state index contributed by atoms with van der Waals surface area (Å²) in [4.78, 5) is 29.9. The van der Waals surface area contributed by atoms with Gasteiger partial charge >= 0.3 is 12.0 Å². The van der Waals surface area contributed by atoms with Crippen LogP contribution >= 0.6 is 0 Å². The summed E-state index contributed by atoms with van der Waals surface area (Å²) in [5.41, 5.74) is 1.82. The summed E-state index contributed by atoms with van der Waals surface area (Å²) in [6.07, 6.45) is 1.05. The first kappa shape index (κ1) is 21.1. The quantitative estimate of drug-likeness (QED) is 0.702. The maximum absolute atomic E-state index is 12.9. The molecule has 8 heteroatoms. The van der Waals surface area contributed by atoms with E-state index in [-0.39, 0.29) is 12.6 Å². The third-order valence-electron chi connectivity index (χ3n) is 5.27. The van der Waals surface area contributed by atoms with Crippen LogP contribution in [0.15, 0.2) is 35.5 Å². The molecule has 0 unspecified atom stereocenters. The molecule has 0 bridgehead atoms. The molecule has 8 nitrogen and oxygen atoms in total. The number of hydrogen-bond donors (Lipinski definition) is 2. The molecule has 1 fully saturated rings. The van der Waals surface area contributed by atoms with Crippen molar-refractivity contribution in [2.45, 2.75) is 19.4 Å². The lowest BCUT2D eigenvalue weighted by Crippen LogP contribution is -2.48. The maximum Gasteiger partial charge on any atom is 0.338 e. The highest BCUT2D eigenvalue weighted by Crippen LogP contribution is 2.30. The Morgan fingerprint density at radius 3 is 2.83 bits per heavy atom. The van der Waals surface area contributed by atoms with E-state index in [1.165, 1.54) is 0 Å². The van der Waals surface area contributed by atoms with Crippen LogP contribution in [0.3, 0.4) is 0 Å². The second-order valence-electron chi connectivity index (χ2n) is 7.35. The van der Waals surface area contributed by atoms with Gasteiger partial charge in [-0.25, -0.2) is 9.59 Å². The van der Waals surface area contributed by atoms with Crippen LogP contribution in [0.5, 0.6) is 5.75 Å². The van der Waals surface area contributed by atoms with Crippen molar-refractivity contribution in [2.24, 2.45) is 0 Å². The van der Waals surface area contributed by atoms with Gasteiger partial charge in [-0.1, -0.05) is 12.1 Å². The van der Waals surface area contributed by atoms with Crippen LogP contribution in [0.2, 0.25) is 0 Å². The highest BCUT2D eigenvalue weighted by molar-refractivity contribution is 5.95. The Bertz CT molecular complexity index is 780. The minimum atomic E-state index is -0.595. The molecule has 2 heterocycles. The molecule has 2 amide bonds. The molecular weight excluding hydrogens is 372 g/mol. The van der Waals surface area contributed by atoms with E-state index >= 15 is 0 Å². The Balaban J connectivity index is 1.96. The summed E-state index contributed by atoms with van der Waals surface area (Å²) < 4.78 is 10.7. The van der Waals surface area contributed by atoms with Crippen molar-refractivity contribution < 1.29 is 19.1 Å². The molecule has 2 aliphatic heterocycles. The van der Waals surface area contributed by atoms with Crippen molar-refractivity contribution in [3.05, 3.63) is 41.1 Å². The van der Waals surface area contributed by atoms with E-state index in [4.69, 9.17) is 9.47 Å². The highest BCUT2D eigenvalue weighted by Gasteiger charge is 2.34. The van der Waals surface area contributed by atoms with Crippen LogP contribution in [0.4, 0.5) is 4.79 Å². The third-order valence-corrected chi connectivity index (χ3v) is 5.27. The first-order valence-corrected chi connectivity index (χ1v) is 10.0. The number of urea groups is 1. The van der Waals surface area contributed by atoms with Gasteiger partial charge in [0.2, 0.25) is 0 Å². The summed E-state index contributed by atoms with van der Waals surface area (Å²) in [5, 5.41) is 5.72. The Hall–Kier alpha value is -2.58. The van der Waals surface area contributed by atoms with Gasteiger partial charge in [-0.05, 0) is 51.2 Å². The Morgan fingerprint density at radius 1 is 1.24 bits per heavy atom. The van der Waals surface area contributed by atoms with Crippen LogP contribution in [0.1, 0.15) is 24.9 Å². The molecule has 1 saturated heterocycles. The number of methoxy groups -OCH3 is 1. The van der Waals surface area contributed by atoms with Gasteiger partial charge in [0.15, 0.2) is 0 Å². The minimum Gasteiger partial charge on any atom is -0.497 e. The molecule has 0 spiro atoms. The number of benzene rings is 1. The average Bonchev–Trinajstić information content (AvgIpc) is 2.91. The van der Waals surface area contributed by atoms with Crippen molar-refractivity contribution in [3.8, 4) is 5.75 Å². The van der Waals surface area contributed by atoms with Crippen LogP contribution in [-0.2, 0) is 9.53 Å². The summed E-state index contributed by atoms with van der Waals surface area (Å²) in [6.45, 7) is 6.32. The number of rotatable bonds is 6. The number of ether oxygens (including phenoxy) is 2. The molecule has 1 aromatic rings. The van der Waals surface area contributed by atoms with Gasteiger partial charge in [-0.15, -0.1) is 0 Å². The van der Waals surface area contributed by atoms with E-state index in [9.17, 15) is 9.59 Å². The second kappa shape index (κ2) is 9.76. The SMILES string of the molecule is CCOC(=O)C1=C(CN2CCCN(C)CC2)NC(=O)N[C@@H]1c1cccc(OC)c1. The van der Waals surface area contributed by atoms with Crippen molar-refractivity contribution in [1.82, 2.24) is 20.4 Å². The predicted molar refractivity (Wildman–Crippen MR) is 110 cm³/mol. The van der Waals surface area contributed by atoms with Crippen molar-refractivity contribution in [1.29, 1.82) is 0 Å². The van der Waals surface area contributed by atoms with Crippen LogP contribution in [0, 0.1) is 0 Å². The van der Waals surface area contributed by atoms with Crippen LogP contribution < -0.4 is 15.4 Å². The summed E-state index contributed by atoms with van der Waals surface area (Å²) in [5.74, 6) is 0.241. The van der Waals surface area contributed by atoms with E-state index < -0.39 is 12.0 Å². The molecule has 0 saturated carbocycles. The van der Waals surface area contributed by atoms with Crippen LogP contribution in [0.25, 0.3) is 0 Å². The zero-order valence-electron chi connectivity index (χ0n) is 17.4. The van der Waals surface area contributed by atoms with Crippen molar-refractivity contribution in [2.75, 3.05) is 53.5 Å². The summed E-state index contributed by atoms with van der Waals surface area (Å²) in [7, 11) is 3.70. The molecule has 0 radical (unpaired) electrons. The van der Waals surface area contributed by atoms with E-state index in [2.05, 4.69) is 27.5 Å². The minimum absolute atomic E-state index is 0.267. The summed E-state index contributed by atoms with van der Waals surface area (Å²) >= 11 is 0. The maximum atomic E-state index is 12.9. The average molecular weight is 402 g/mol. The predicted octanol–water partition coefficient (Wildman–Crippen LogP) is 1.50. The number of hydrogen-bond acceptors (Lipinski definition) is 6. The van der Waals surface area contributed by atoms with Gasteiger partial charge in [-0.3, -0.25) is 4.90 Å². The number of carbonyl (C=O) groups excluding carboxylic acids is 2. The fraction of sp³-hybridized carbons (Fsp3) is 0.524. The lowest BCUT2D eigenvalue weighted by atomic mass is 9.94. The van der Waals surface area contributed by atoms with Gasteiger partial charge in [0.05, 0.1) is 25.3 Å². The molecule has 29 heavy (non-hydrogen) atoms. The van der Waals surface area contributed by atoms with Crippen molar-refractivity contribution in [3.63, 3.8) is 0 Å². The Kier molecular flexibility index (Phi) is 7.11. The zero-order valence-corrected chi connectivity index (χ0v) is 17.4. The van der Waals surface area contributed by atoms with Gasteiger partial charge in [-0.2, -0.15) is 0 Å². The molecule has 2 N–H and O–H groups in total. The van der Waals surface area contributed by atoms with Crippen molar-refractivity contribution >= 4 is 12.0 Å². The normalized spacial score (nSPS) is 21.2. The van der Waals surface area contributed by atoms with Gasteiger partial charge in [0.1, 0.15) is 5.75 Å². The molecule has 3 rings (SSSR count). The molecule has 2 aliphatic rings. The third kappa shape index (κ3) is 5.27. The topological polar surface area (TPSA) is 83.1 Å². The standard InChI is InChI=1S/C21H30N4O4/c1-4-29-20(26)18-17(14-25-10-6-9-24(2)11-12-25)22-21(27)23-19(18)15-7-5-8-16(13-15)28-3/h5,7-8,13,19H,4,6,9-12,14H2,1-3H3,(H2,22,23,27)/t19-/m1/s1. The number of carbonyl (C=O) groups is 2. The molecular formula is C21H30N4O4.